The molecule has 7 heteroatoms. The quantitative estimate of drug-likeness (QED) is 0.531. The first-order valence-electron chi connectivity index (χ1n) is 8.41. The highest BCUT2D eigenvalue weighted by Gasteiger charge is 2.44. The first kappa shape index (κ1) is 18.9. The van der Waals surface area contributed by atoms with E-state index < -0.39 is 17.8 Å². The molecule has 1 heterocycles. The van der Waals surface area contributed by atoms with Crippen molar-refractivity contribution in [2.24, 2.45) is 5.92 Å². The average Bonchev–Trinajstić information content (AvgIpc) is 2.74. The van der Waals surface area contributed by atoms with E-state index in [1.165, 1.54) is 0 Å². The molecule has 0 N–H and O–H groups in total. The number of hydrogen-bond donors (Lipinski definition) is 0. The van der Waals surface area contributed by atoms with E-state index in [1.54, 1.807) is 7.05 Å². The lowest BCUT2D eigenvalue weighted by atomic mass is 10.2. The van der Waals surface area contributed by atoms with Gasteiger partial charge in [0.25, 0.3) is 0 Å². The molecule has 136 valence electrons. The van der Waals surface area contributed by atoms with E-state index >= 15 is 0 Å². The summed E-state index contributed by atoms with van der Waals surface area (Å²) in [6.45, 7) is 7.20. The molecule has 0 radical (unpaired) electrons. The molecule has 1 aliphatic rings. The molecule has 1 aromatic carbocycles. The van der Waals surface area contributed by atoms with Gasteiger partial charge in [0.1, 0.15) is 5.75 Å². The maximum Gasteiger partial charge on any atom is 0.335 e. The van der Waals surface area contributed by atoms with E-state index in [0.717, 1.165) is 21.1 Å². The molecule has 0 bridgehead atoms. The van der Waals surface area contributed by atoms with E-state index in [1.807, 2.05) is 49.9 Å². The van der Waals surface area contributed by atoms with Crippen molar-refractivity contribution in [2.75, 3.05) is 26.9 Å². The highest BCUT2D eigenvalue weighted by Crippen LogP contribution is 2.16. The molecule has 1 fully saturated rings. The van der Waals surface area contributed by atoms with Crippen molar-refractivity contribution < 1.29 is 19.1 Å². The van der Waals surface area contributed by atoms with Crippen LogP contribution in [0.15, 0.2) is 24.3 Å². The van der Waals surface area contributed by atoms with Gasteiger partial charge in [-0.15, -0.1) is 0 Å². The molecule has 7 nitrogen and oxygen atoms in total. The van der Waals surface area contributed by atoms with Crippen molar-refractivity contribution in [3.8, 4) is 5.75 Å². The van der Waals surface area contributed by atoms with Crippen LogP contribution in [0.3, 0.4) is 0 Å². The summed E-state index contributed by atoms with van der Waals surface area (Å²) in [5.41, 5.74) is 1.02. The summed E-state index contributed by atoms with van der Waals surface area (Å²) >= 11 is 0. The summed E-state index contributed by atoms with van der Waals surface area (Å²) in [7, 11) is 1.80. The summed E-state index contributed by atoms with van der Waals surface area (Å²) in [5, 5.41) is 0. The second-order valence-corrected chi connectivity index (χ2v) is 6.56. The van der Waals surface area contributed by atoms with Gasteiger partial charge in [-0.1, -0.05) is 26.0 Å². The third kappa shape index (κ3) is 4.57. The van der Waals surface area contributed by atoms with Crippen molar-refractivity contribution in [3.05, 3.63) is 29.8 Å². The zero-order chi connectivity index (χ0) is 18.6. The number of nitrogens with zero attached hydrogens (tertiary/aromatic N) is 3. The monoisotopic (exact) mass is 347 g/mol. The van der Waals surface area contributed by atoms with Gasteiger partial charge in [0.2, 0.25) is 0 Å². The molecule has 0 atom stereocenters. The van der Waals surface area contributed by atoms with Gasteiger partial charge >= 0.3 is 17.8 Å². The lowest BCUT2D eigenvalue weighted by Gasteiger charge is -2.23. The van der Waals surface area contributed by atoms with Gasteiger partial charge in [0.15, 0.2) is 0 Å². The van der Waals surface area contributed by atoms with Crippen molar-refractivity contribution in [2.45, 2.75) is 27.3 Å². The lowest BCUT2D eigenvalue weighted by Crippen LogP contribution is -2.41. The second-order valence-electron chi connectivity index (χ2n) is 6.56. The number of rotatable bonds is 8. The molecule has 25 heavy (non-hydrogen) atoms. The number of ether oxygens (including phenoxy) is 1. The third-order valence-electron chi connectivity index (χ3n) is 3.75. The van der Waals surface area contributed by atoms with Crippen molar-refractivity contribution in [3.63, 3.8) is 0 Å². The highest BCUT2D eigenvalue weighted by molar-refractivity contribution is 6.44. The van der Waals surface area contributed by atoms with Crippen LogP contribution in [0.1, 0.15) is 26.3 Å². The number of carbonyl (C=O) groups is 3. The lowest BCUT2D eigenvalue weighted by molar-refractivity contribution is -0.144. The van der Waals surface area contributed by atoms with Gasteiger partial charge in [-0.05, 0) is 37.6 Å². The van der Waals surface area contributed by atoms with Gasteiger partial charge < -0.3 is 4.74 Å². The zero-order valence-corrected chi connectivity index (χ0v) is 15.2. The van der Waals surface area contributed by atoms with Gasteiger partial charge in [-0.25, -0.2) is 9.69 Å². The van der Waals surface area contributed by atoms with E-state index in [-0.39, 0.29) is 19.1 Å². The van der Waals surface area contributed by atoms with Crippen molar-refractivity contribution in [1.82, 2.24) is 14.7 Å². The smallest absolute Gasteiger partial charge is 0.335 e. The number of imide groups is 2. The van der Waals surface area contributed by atoms with Crippen LogP contribution in [0.2, 0.25) is 0 Å². The van der Waals surface area contributed by atoms with Crippen LogP contribution in [-0.4, -0.2) is 59.4 Å². The van der Waals surface area contributed by atoms with Crippen LogP contribution in [0.25, 0.3) is 0 Å². The topological polar surface area (TPSA) is 70.2 Å². The van der Waals surface area contributed by atoms with Crippen LogP contribution in [0, 0.1) is 5.92 Å². The third-order valence-corrected chi connectivity index (χ3v) is 3.75. The fourth-order valence-corrected chi connectivity index (χ4v) is 2.66. The number of hydrogen-bond acceptors (Lipinski definition) is 5. The summed E-state index contributed by atoms with van der Waals surface area (Å²) in [6, 6.07) is 7.10. The summed E-state index contributed by atoms with van der Waals surface area (Å²) in [4.78, 5) is 40.2. The predicted octanol–water partition coefficient (Wildman–Crippen LogP) is 1.92. The van der Waals surface area contributed by atoms with Gasteiger partial charge in [-0.3, -0.25) is 19.4 Å². The molecule has 4 amide bonds. The van der Waals surface area contributed by atoms with Crippen LogP contribution < -0.4 is 4.74 Å². The van der Waals surface area contributed by atoms with Crippen LogP contribution >= 0.6 is 0 Å². The number of urea groups is 1. The minimum atomic E-state index is -0.760. The van der Waals surface area contributed by atoms with Crippen LogP contribution in [0.5, 0.6) is 5.75 Å². The molecular weight excluding hydrogens is 322 g/mol. The molecule has 0 aliphatic carbocycles. The SMILES string of the molecule is CCOc1ccc(CN(C)CN2C(=O)C(=O)N(CC(C)C)C2=O)cc1. The van der Waals surface area contributed by atoms with E-state index in [9.17, 15) is 14.4 Å². The predicted molar refractivity (Wildman–Crippen MR) is 92.7 cm³/mol. The largest absolute Gasteiger partial charge is 0.494 e. The Balaban J connectivity index is 1.97. The Kier molecular flexibility index (Phi) is 6.14. The molecule has 1 aliphatic heterocycles. The first-order valence-corrected chi connectivity index (χ1v) is 8.41. The van der Waals surface area contributed by atoms with Crippen molar-refractivity contribution in [1.29, 1.82) is 0 Å². The van der Waals surface area contributed by atoms with E-state index in [0.29, 0.717) is 13.2 Å². The Morgan fingerprint density at radius 3 is 2.20 bits per heavy atom. The molecule has 0 saturated carbocycles. The first-order chi connectivity index (χ1) is 11.8. The average molecular weight is 347 g/mol. The maximum atomic E-state index is 12.3. The Hall–Kier alpha value is -2.41. The normalized spacial score (nSPS) is 15.0. The second kappa shape index (κ2) is 8.11. The van der Waals surface area contributed by atoms with Crippen LogP contribution in [-0.2, 0) is 16.1 Å². The number of benzene rings is 1. The summed E-state index contributed by atoms with van der Waals surface area (Å²) < 4.78 is 5.40. The molecule has 0 unspecified atom stereocenters. The Labute approximate surface area is 148 Å². The Morgan fingerprint density at radius 2 is 1.64 bits per heavy atom. The van der Waals surface area contributed by atoms with Gasteiger partial charge in [-0.2, -0.15) is 0 Å². The maximum absolute atomic E-state index is 12.3. The van der Waals surface area contributed by atoms with Crippen LogP contribution in [0.4, 0.5) is 4.79 Å². The Morgan fingerprint density at radius 1 is 1.04 bits per heavy atom. The van der Waals surface area contributed by atoms with Crippen molar-refractivity contribution >= 4 is 17.8 Å². The molecule has 1 saturated heterocycles. The molecule has 0 spiro atoms. The molecule has 0 aromatic heterocycles. The number of amides is 4. The standard InChI is InChI=1S/C18H25N3O4/c1-5-25-15-8-6-14(7-9-15)11-19(4)12-21-17(23)16(22)20(18(21)24)10-13(2)3/h6-9,13H,5,10-12H2,1-4H3. The van der Waals surface area contributed by atoms with E-state index in [4.69, 9.17) is 4.74 Å². The van der Waals surface area contributed by atoms with E-state index in [2.05, 4.69) is 0 Å². The summed E-state index contributed by atoms with van der Waals surface area (Å²) in [6.07, 6.45) is 0. The molecule has 2 rings (SSSR count). The fourth-order valence-electron chi connectivity index (χ4n) is 2.66. The minimum Gasteiger partial charge on any atom is -0.494 e. The Bertz CT molecular complexity index is 642. The fraction of sp³-hybridized carbons (Fsp3) is 0.500. The number of carbonyl (C=O) groups excluding carboxylic acids is 3. The highest BCUT2D eigenvalue weighted by atomic mass is 16.5. The van der Waals surface area contributed by atoms with Gasteiger partial charge in [0.05, 0.1) is 13.3 Å². The summed E-state index contributed by atoms with van der Waals surface area (Å²) in [5.74, 6) is -0.590. The molecular formula is C18H25N3O4. The zero-order valence-electron chi connectivity index (χ0n) is 15.2. The minimum absolute atomic E-state index is 0.0746. The molecule has 1 aromatic rings. The van der Waals surface area contributed by atoms with Gasteiger partial charge in [0, 0.05) is 13.1 Å².